The Kier molecular flexibility index (Phi) is 4.63. The van der Waals surface area contributed by atoms with Gasteiger partial charge in [-0.2, -0.15) is 0 Å². The molecule has 1 aliphatic carbocycles. The van der Waals surface area contributed by atoms with Gasteiger partial charge in [-0.3, -0.25) is 0 Å². The zero-order chi connectivity index (χ0) is 12.1. The fraction of sp³-hybridized carbons (Fsp3) is 0.714. The molecule has 0 radical (unpaired) electrons. The first-order chi connectivity index (χ1) is 8.35. The van der Waals surface area contributed by atoms with Crippen LogP contribution >= 0.6 is 0 Å². The lowest BCUT2D eigenvalue weighted by Crippen LogP contribution is -2.17. The third-order valence-electron chi connectivity index (χ3n) is 3.55. The molecule has 1 fully saturated rings. The van der Waals surface area contributed by atoms with Gasteiger partial charge in [-0.25, -0.2) is 0 Å². The molecule has 0 amide bonds. The first kappa shape index (κ1) is 12.7. The molecule has 17 heavy (non-hydrogen) atoms. The predicted octanol–water partition coefficient (Wildman–Crippen LogP) is 2.59. The van der Waals surface area contributed by atoms with Gasteiger partial charge < -0.3 is 14.6 Å². The summed E-state index contributed by atoms with van der Waals surface area (Å²) in [6, 6.07) is 2.82. The Morgan fingerprint density at radius 2 is 2.29 bits per heavy atom. The predicted molar refractivity (Wildman–Crippen MR) is 70.1 cm³/mol. The quantitative estimate of drug-likeness (QED) is 0.702. The summed E-state index contributed by atoms with van der Waals surface area (Å²) in [6.07, 6.45) is 9.59. The van der Waals surface area contributed by atoms with Gasteiger partial charge in [-0.1, -0.05) is 0 Å². The number of nitrogens with zero attached hydrogens (tertiary/aromatic N) is 1. The zero-order valence-electron chi connectivity index (χ0n) is 11.0. The Balaban J connectivity index is 1.82. The molecular weight excluding hydrogens is 212 g/mol. The van der Waals surface area contributed by atoms with Crippen LogP contribution in [-0.4, -0.2) is 25.3 Å². The second kappa shape index (κ2) is 6.22. The maximum Gasteiger partial charge on any atom is 0.0462 e. The molecule has 1 aromatic rings. The van der Waals surface area contributed by atoms with E-state index >= 15 is 0 Å². The van der Waals surface area contributed by atoms with Crippen molar-refractivity contribution in [2.24, 2.45) is 5.92 Å². The SMILES string of the molecule is CNC(c1ccn(CCCCOC)c1)C1CC1. The molecule has 1 unspecified atom stereocenters. The highest BCUT2D eigenvalue weighted by atomic mass is 16.5. The maximum absolute atomic E-state index is 5.06. The molecule has 3 heteroatoms. The van der Waals surface area contributed by atoms with Gasteiger partial charge in [0, 0.05) is 38.7 Å². The second-order valence-electron chi connectivity index (χ2n) is 4.99. The number of unbranched alkanes of at least 4 members (excludes halogenated alkanes) is 1. The van der Waals surface area contributed by atoms with Crippen molar-refractivity contribution in [3.63, 3.8) is 0 Å². The van der Waals surface area contributed by atoms with Crippen LogP contribution in [0, 0.1) is 5.92 Å². The molecule has 0 spiro atoms. The molecule has 1 saturated carbocycles. The van der Waals surface area contributed by atoms with Crippen LogP contribution in [-0.2, 0) is 11.3 Å². The molecule has 0 bridgehead atoms. The Labute approximate surface area is 104 Å². The summed E-state index contributed by atoms with van der Waals surface area (Å²) in [5, 5.41) is 3.44. The van der Waals surface area contributed by atoms with E-state index in [0.717, 1.165) is 25.5 Å². The molecule has 1 atom stereocenters. The van der Waals surface area contributed by atoms with E-state index in [1.54, 1.807) is 7.11 Å². The lowest BCUT2D eigenvalue weighted by molar-refractivity contribution is 0.191. The minimum Gasteiger partial charge on any atom is -0.385 e. The molecule has 2 rings (SSSR count). The van der Waals surface area contributed by atoms with E-state index in [-0.39, 0.29) is 0 Å². The van der Waals surface area contributed by atoms with Crippen molar-refractivity contribution in [3.05, 3.63) is 24.0 Å². The number of rotatable bonds is 8. The third kappa shape index (κ3) is 3.58. The molecule has 0 aliphatic heterocycles. The summed E-state index contributed by atoms with van der Waals surface area (Å²) in [6.45, 7) is 1.97. The second-order valence-corrected chi connectivity index (χ2v) is 4.99. The summed E-state index contributed by atoms with van der Waals surface area (Å²) in [5.41, 5.74) is 1.45. The zero-order valence-corrected chi connectivity index (χ0v) is 11.0. The minimum absolute atomic E-state index is 0.565. The highest BCUT2D eigenvalue weighted by Gasteiger charge is 2.31. The van der Waals surface area contributed by atoms with Crippen LogP contribution in [0.25, 0.3) is 0 Å². The minimum atomic E-state index is 0.565. The van der Waals surface area contributed by atoms with Crippen molar-refractivity contribution in [1.82, 2.24) is 9.88 Å². The standard InChI is InChI=1S/C14H24N2O/c1-15-14(12-5-6-12)13-7-9-16(11-13)8-3-4-10-17-2/h7,9,11-12,14-15H,3-6,8,10H2,1-2H3. The number of hydrogen-bond donors (Lipinski definition) is 1. The van der Waals surface area contributed by atoms with Crippen LogP contribution in [0.5, 0.6) is 0 Å². The Morgan fingerprint density at radius 3 is 2.94 bits per heavy atom. The third-order valence-corrected chi connectivity index (χ3v) is 3.55. The Morgan fingerprint density at radius 1 is 1.47 bits per heavy atom. The van der Waals surface area contributed by atoms with Gasteiger partial charge in [0.1, 0.15) is 0 Å². The van der Waals surface area contributed by atoms with E-state index in [0.29, 0.717) is 6.04 Å². The van der Waals surface area contributed by atoms with Crippen LogP contribution in [0.4, 0.5) is 0 Å². The van der Waals surface area contributed by atoms with Crippen LogP contribution < -0.4 is 5.32 Å². The Bertz CT molecular complexity index is 331. The first-order valence-corrected chi connectivity index (χ1v) is 6.67. The number of methoxy groups -OCH3 is 1. The van der Waals surface area contributed by atoms with Crippen molar-refractivity contribution < 1.29 is 4.74 Å². The van der Waals surface area contributed by atoms with E-state index in [1.165, 1.54) is 24.8 Å². The summed E-state index contributed by atoms with van der Waals surface area (Å²) in [4.78, 5) is 0. The number of hydrogen-bond acceptors (Lipinski definition) is 2. The van der Waals surface area contributed by atoms with E-state index in [1.807, 2.05) is 0 Å². The van der Waals surface area contributed by atoms with E-state index in [9.17, 15) is 0 Å². The van der Waals surface area contributed by atoms with Crippen molar-refractivity contribution in [1.29, 1.82) is 0 Å². The summed E-state index contributed by atoms with van der Waals surface area (Å²) in [5.74, 6) is 0.865. The van der Waals surface area contributed by atoms with Crippen LogP contribution in [0.15, 0.2) is 18.5 Å². The smallest absolute Gasteiger partial charge is 0.0462 e. The van der Waals surface area contributed by atoms with Crippen molar-refractivity contribution >= 4 is 0 Å². The number of aryl methyl sites for hydroxylation is 1. The van der Waals surface area contributed by atoms with E-state index in [4.69, 9.17) is 4.74 Å². The van der Waals surface area contributed by atoms with E-state index in [2.05, 4.69) is 35.4 Å². The average Bonchev–Trinajstić information content (AvgIpc) is 3.06. The molecular formula is C14H24N2O. The fourth-order valence-electron chi connectivity index (χ4n) is 2.43. The van der Waals surface area contributed by atoms with Crippen LogP contribution in [0.1, 0.15) is 37.3 Å². The van der Waals surface area contributed by atoms with Gasteiger partial charge in [0.2, 0.25) is 0 Å². The number of aromatic nitrogens is 1. The summed E-state index contributed by atoms with van der Waals surface area (Å²) >= 11 is 0. The average molecular weight is 236 g/mol. The molecule has 1 N–H and O–H groups in total. The van der Waals surface area contributed by atoms with Gasteiger partial charge in [0.15, 0.2) is 0 Å². The van der Waals surface area contributed by atoms with Gasteiger partial charge in [0.25, 0.3) is 0 Å². The van der Waals surface area contributed by atoms with Gasteiger partial charge in [-0.05, 0) is 50.3 Å². The van der Waals surface area contributed by atoms with Crippen LogP contribution in [0.3, 0.4) is 0 Å². The maximum atomic E-state index is 5.06. The first-order valence-electron chi connectivity index (χ1n) is 6.67. The molecule has 3 nitrogen and oxygen atoms in total. The highest BCUT2D eigenvalue weighted by molar-refractivity contribution is 5.18. The molecule has 0 aromatic carbocycles. The largest absolute Gasteiger partial charge is 0.385 e. The van der Waals surface area contributed by atoms with Crippen molar-refractivity contribution in [3.8, 4) is 0 Å². The van der Waals surface area contributed by atoms with E-state index < -0.39 is 0 Å². The van der Waals surface area contributed by atoms with Crippen molar-refractivity contribution in [2.75, 3.05) is 20.8 Å². The summed E-state index contributed by atoms with van der Waals surface area (Å²) in [7, 11) is 3.83. The Hall–Kier alpha value is -0.800. The molecule has 96 valence electrons. The number of nitrogens with one attached hydrogen (secondary N) is 1. The van der Waals surface area contributed by atoms with Gasteiger partial charge in [-0.15, -0.1) is 0 Å². The van der Waals surface area contributed by atoms with Crippen LogP contribution in [0.2, 0.25) is 0 Å². The highest BCUT2D eigenvalue weighted by Crippen LogP contribution is 2.40. The fourth-order valence-corrected chi connectivity index (χ4v) is 2.43. The lowest BCUT2D eigenvalue weighted by Gasteiger charge is -2.13. The molecule has 1 heterocycles. The van der Waals surface area contributed by atoms with Gasteiger partial charge in [0.05, 0.1) is 0 Å². The van der Waals surface area contributed by atoms with Gasteiger partial charge >= 0.3 is 0 Å². The molecule has 1 aromatic heterocycles. The summed E-state index contributed by atoms with van der Waals surface area (Å²) < 4.78 is 7.36. The monoisotopic (exact) mass is 236 g/mol. The lowest BCUT2D eigenvalue weighted by atomic mass is 10.1. The number of ether oxygens (including phenoxy) is 1. The topological polar surface area (TPSA) is 26.2 Å². The normalized spacial score (nSPS) is 17.3. The van der Waals surface area contributed by atoms with Crippen molar-refractivity contribution in [2.45, 2.75) is 38.3 Å². The molecule has 0 saturated heterocycles. The molecule has 1 aliphatic rings.